The Hall–Kier alpha value is -4.27. The molecule has 1 aromatic heterocycles. The lowest BCUT2D eigenvalue weighted by molar-refractivity contribution is -0.137. The monoisotopic (exact) mass is 465 g/mol. The molecule has 9 nitrogen and oxygen atoms in total. The first-order valence-electron chi connectivity index (χ1n) is 10.5. The predicted molar refractivity (Wildman–Crippen MR) is 128 cm³/mol. The number of carbonyl (C=O) groups is 2. The van der Waals surface area contributed by atoms with Crippen molar-refractivity contribution in [1.82, 2.24) is 9.88 Å². The number of aliphatic carboxylic acids is 1. The molecule has 9 heteroatoms. The molecule has 1 atom stereocenters. The first kappa shape index (κ1) is 24.4. The second-order valence-electron chi connectivity index (χ2n) is 7.96. The lowest BCUT2D eigenvalue weighted by Crippen LogP contribution is -2.36. The fourth-order valence-electron chi connectivity index (χ4n) is 3.80. The van der Waals surface area contributed by atoms with Gasteiger partial charge in [0.05, 0.1) is 19.6 Å². The van der Waals surface area contributed by atoms with Crippen molar-refractivity contribution < 1.29 is 24.5 Å². The molecule has 0 aliphatic rings. The summed E-state index contributed by atoms with van der Waals surface area (Å²) in [6.45, 7) is 3.52. The number of urea groups is 1. The molecule has 1 heterocycles. The molecular weight excluding hydrogens is 438 g/mol. The van der Waals surface area contributed by atoms with Gasteiger partial charge < -0.3 is 30.2 Å². The number of amides is 2. The number of methoxy groups -OCH3 is 1. The van der Waals surface area contributed by atoms with Crippen LogP contribution in [0.15, 0.2) is 53.5 Å². The first-order chi connectivity index (χ1) is 16.1. The summed E-state index contributed by atoms with van der Waals surface area (Å²) in [5.41, 5.74) is 2.76. The number of hydrogen-bond donors (Lipinski definition) is 4. The van der Waals surface area contributed by atoms with E-state index in [1.54, 1.807) is 32.2 Å². The Morgan fingerprint density at radius 1 is 1.15 bits per heavy atom. The topological polar surface area (TPSA) is 130 Å². The maximum atomic E-state index is 12.7. The van der Waals surface area contributed by atoms with Crippen LogP contribution in [0.5, 0.6) is 11.5 Å². The molecule has 0 fully saturated rings. The molecule has 0 bridgehead atoms. The third-order valence-electron chi connectivity index (χ3n) is 5.56. The van der Waals surface area contributed by atoms with Gasteiger partial charge in [0.1, 0.15) is 11.5 Å². The van der Waals surface area contributed by atoms with Crippen molar-refractivity contribution in [3.8, 4) is 22.6 Å². The number of aryl methyl sites for hydroxylation is 2. The number of pyridine rings is 1. The van der Waals surface area contributed by atoms with Crippen molar-refractivity contribution in [2.45, 2.75) is 26.3 Å². The second-order valence-corrected chi connectivity index (χ2v) is 7.96. The van der Waals surface area contributed by atoms with Gasteiger partial charge in [-0.3, -0.25) is 9.59 Å². The standard InChI is InChI=1S/C25H27N3O6/c1-14-13-28(3)24(32)22(23(14)31)27-25(33)26-19(12-21(29)30)17-8-5-7-16(11-17)18-9-6-10-20(34-4)15(18)2/h5-11,13,19,31H,12H2,1-4H3,(H,29,30)(H2,26,27,33)/t19-/m0/s1. The quantitative estimate of drug-likeness (QED) is 0.421. The van der Waals surface area contributed by atoms with E-state index in [9.17, 15) is 24.6 Å². The van der Waals surface area contributed by atoms with E-state index in [1.165, 1.54) is 17.8 Å². The van der Waals surface area contributed by atoms with Crippen LogP contribution in [0.4, 0.5) is 10.5 Å². The Morgan fingerprint density at radius 3 is 2.53 bits per heavy atom. The van der Waals surface area contributed by atoms with Crippen molar-refractivity contribution in [2.24, 2.45) is 7.05 Å². The third kappa shape index (κ3) is 5.20. The molecule has 0 unspecified atom stereocenters. The van der Waals surface area contributed by atoms with Gasteiger partial charge in [-0.25, -0.2) is 4.79 Å². The van der Waals surface area contributed by atoms with E-state index in [4.69, 9.17) is 4.74 Å². The molecule has 3 rings (SSSR count). The zero-order chi connectivity index (χ0) is 25.0. The van der Waals surface area contributed by atoms with Crippen LogP contribution < -0.4 is 20.9 Å². The lowest BCUT2D eigenvalue weighted by Gasteiger charge is -2.20. The largest absolute Gasteiger partial charge is 0.505 e. The number of benzene rings is 2. The zero-order valence-corrected chi connectivity index (χ0v) is 19.4. The number of aromatic hydroxyl groups is 1. The predicted octanol–water partition coefficient (Wildman–Crippen LogP) is 3.72. The minimum absolute atomic E-state index is 0.283. The average molecular weight is 466 g/mol. The highest BCUT2D eigenvalue weighted by atomic mass is 16.5. The van der Waals surface area contributed by atoms with Gasteiger partial charge in [-0.1, -0.05) is 30.3 Å². The summed E-state index contributed by atoms with van der Waals surface area (Å²) in [5.74, 6) is -0.729. The summed E-state index contributed by atoms with van der Waals surface area (Å²) in [6, 6.07) is 11.1. The molecule has 0 saturated carbocycles. The molecule has 0 radical (unpaired) electrons. The summed E-state index contributed by atoms with van der Waals surface area (Å²) < 4.78 is 6.63. The number of carboxylic acids is 1. The molecule has 178 valence electrons. The smallest absolute Gasteiger partial charge is 0.319 e. The molecule has 3 aromatic rings. The van der Waals surface area contributed by atoms with E-state index in [2.05, 4.69) is 10.6 Å². The highest BCUT2D eigenvalue weighted by Crippen LogP contribution is 2.32. The maximum absolute atomic E-state index is 12.7. The van der Waals surface area contributed by atoms with E-state index in [1.807, 2.05) is 31.2 Å². The molecule has 0 saturated heterocycles. The van der Waals surface area contributed by atoms with Gasteiger partial charge in [0.25, 0.3) is 5.56 Å². The van der Waals surface area contributed by atoms with Crippen LogP contribution in [-0.2, 0) is 11.8 Å². The first-order valence-corrected chi connectivity index (χ1v) is 10.5. The van der Waals surface area contributed by atoms with Gasteiger partial charge in [-0.2, -0.15) is 0 Å². The number of nitrogens with zero attached hydrogens (tertiary/aromatic N) is 1. The number of rotatable bonds is 7. The van der Waals surface area contributed by atoms with E-state index in [0.29, 0.717) is 11.1 Å². The van der Waals surface area contributed by atoms with Crippen LogP contribution in [0.25, 0.3) is 11.1 Å². The number of carboxylic acid groups (broad SMARTS) is 1. The minimum atomic E-state index is -1.11. The summed E-state index contributed by atoms with van der Waals surface area (Å²) in [5, 5.41) is 24.6. The number of hydrogen-bond acceptors (Lipinski definition) is 5. The normalized spacial score (nSPS) is 11.5. The van der Waals surface area contributed by atoms with Crippen molar-refractivity contribution in [3.63, 3.8) is 0 Å². The summed E-state index contributed by atoms with van der Waals surface area (Å²) in [6.07, 6.45) is 1.06. The Bertz CT molecular complexity index is 1300. The molecule has 4 N–H and O–H groups in total. The Balaban J connectivity index is 1.92. The third-order valence-corrected chi connectivity index (χ3v) is 5.56. The van der Waals surface area contributed by atoms with Gasteiger partial charge in [0, 0.05) is 18.8 Å². The zero-order valence-electron chi connectivity index (χ0n) is 19.4. The van der Waals surface area contributed by atoms with Crippen LogP contribution in [0, 0.1) is 13.8 Å². The number of ether oxygens (including phenoxy) is 1. The SMILES string of the molecule is COc1cccc(-c2cccc([C@H](CC(=O)O)NC(=O)Nc3c(O)c(C)cn(C)c3=O)c2)c1C. The van der Waals surface area contributed by atoms with Crippen LogP contribution in [0.3, 0.4) is 0 Å². The van der Waals surface area contributed by atoms with Crippen LogP contribution in [0.1, 0.15) is 29.2 Å². The Morgan fingerprint density at radius 2 is 1.85 bits per heavy atom. The number of nitrogens with one attached hydrogen (secondary N) is 2. The summed E-state index contributed by atoms with van der Waals surface area (Å²) >= 11 is 0. The number of carbonyl (C=O) groups excluding carboxylic acids is 1. The minimum Gasteiger partial charge on any atom is -0.505 e. The van der Waals surface area contributed by atoms with Gasteiger partial charge >= 0.3 is 12.0 Å². The highest BCUT2D eigenvalue weighted by Gasteiger charge is 2.21. The van der Waals surface area contributed by atoms with E-state index in [-0.39, 0.29) is 17.9 Å². The Kier molecular flexibility index (Phi) is 7.25. The molecule has 0 aliphatic carbocycles. The second kappa shape index (κ2) is 10.1. The molecular formula is C25H27N3O6. The summed E-state index contributed by atoms with van der Waals surface area (Å²) in [4.78, 5) is 36.6. The van der Waals surface area contributed by atoms with Gasteiger partial charge in [0.2, 0.25) is 0 Å². The van der Waals surface area contributed by atoms with Crippen molar-refractivity contribution >= 4 is 17.7 Å². The fraction of sp³-hybridized carbons (Fsp3) is 0.240. The molecule has 2 aromatic carbocycles. The van der Waals surface area contributed by atoms with E-state index >= 15 is 0 Å². The summed E-state index contributed by atoms with van der Waals surface area (Å²) in [7, 11) is 3.09. The Labute approximate surface area is 196 Å². The molecule has 0 spiro atoms. The van der Waals surface area contributed by atoms with Crippen LogP contribution >= 0.6 is 0 Å². The molecule has 2 amide bonds. The number of aromatic nitrogens is 1. The van der Waals surface area contributed by atoms with Crippen molar-refractivity contribution in [3.05, 3.63) is 75.7 Å². The van der Waals surface area contributed by atoms with Crippen molar-refractivity contribution in [2.75, 3.05) is 12.4 Å². The average Bonchev–Trinajstić information content (AvgIpc) is 2.80. The lowest BCUT2D eigenvalue weighted by atomic mass is 9.95. The van der Waals surface area contributed by atoms with E-state index in [0.717, 1.165) is 22.4 Å². The maximum Gasteiger partial charge on any atom is 0.319 e. The van der Waals surface area contributed by atoms with Gasteiger partial charge in [0.15, 0.2) is 5.69 Å². The highest BCUT2D eigenvalue weighted by molar-refractivity contribution is 5.91. The van der Waals surface area contributed by atoms with Crippen molar-refractivity contribution in [1.29, 1.82) is 0 Å². The van der Waals surface area contributed by atoms with Crippen LogP contribution in [0.2, 0.25) is 0 Å². The molecule has 0 aliphatic heterocycles. The number of anilines is 1. The van der Waals surface area contributed by atoms with Gasteiger partial charge in [-0.05, 0) is 48.2 Å². The molecule has 34 heavy (non-hydrogen) atoms. The van der Waals surface area contributed by atoms with Crippen LogP contribution in [-0.4, -0.2) is 33.9 Å². The van der Waals surface area contributed by atoms with E-state index < -0.39 is 23.6 Å². The van der Waals surface area contributed by atoms with Gasteiger partial charge in [-0.15, -0.1) is 0 Å². The fourth-order valence-corrected chi connectivity index (χ4v) is 3.80.